The Hall–Kier alpha value is -1.04. The highest BCUT2D eigenvalue weighted by atomic mass is 16.5. The molecule has 0 amide bonds. The second kappa shape index (κ2) is 9.96. The summed E-state index contributed by atoms with van der Waals surface area (Å²) in [6, 6.07) is 0. The first kappa shape index (κ1) is 22.0. The van der Waals surface area contributed by atoms with Gasteiger partial charge in [-0.3, -0.25) is 9.59 Å². The molecule has 1 N–H and O–H groups in total. The van der Waals surface area contributed by atoms with Crippen molar-refractivity contribution in [3.8, 4) is 0 Å². The Bertz CT molecular complexity index is 413. The first-order valence-electron chi connectivity index (χ1n) is 8.18. The fraction of sp³-hybridized carbons (Fsp3) is 0.778. The minimum atomic E-state index is -0.553. The van der Waals surface area contributed by atoms with Crippen molar-refractivity contribution >= 4 is 11.6 Å². The molecule has 5 heteroatoms. The Labute approximate surface area is 140 Å². The van der Waals surface area contributed by atoms with E-state index in [0.29, 0.717) is 32.8 Å². The first-order chi connectivity index (χ1) is 10.6. The van der Waals surface area contributed by atoms with Gasteiger partial charge < -0.3 is 14.8 Å². The largest absolute Gasteiger partial charge is 0.378 e. The molecule has 0 bridgehead atoms. The molecule has 0 aromatic heterocycles. The van der Waals surface area contributed by atoms with Crippen molar-refractivity contribution in [1.29, 1.82) is 0 Å². The molecule has 0 heterocycles. The molecule has 0 atom stereocenters. The van der Waals surface area contributed by atoms with Gasteiger partial charge in [0.25, 0.3) is 0 Å². The Kier molecular flexibility index (Phi) is 9.51. The Morgan fingerprint density at radius 2 is 1.57 bits per heavy atom. The Balaban J connectivity index is 3.74. The topological polar surface area (TPSA) is 64.6 Å². The van der Waals surface area contributed by atoms with E-state index >= 15 is 0 Å². The average molecular weight is 327 g/mol. The number of allylic oxidation sites excluding steroid dienone is 1. The van der Waals surface area contributed by atoms with Crippen LogP contribution in [0.4, 0.5) is 0 Å². The third-order valence-electron chi connectivity index (χ3n) is 4.20. The summed E-state index contributed by atoms with van der Waals surface area (Å²) in [6.45, 7) is 16.9. The predicted molar refractivity (Wildman–Crippen MR) is 92.6 cm³/mol. The lowest BCUT2D eigenvalue weighted by molar-refractivity contribution is -0.130. The van der Waals surface area contributed by atoms with E-state index in [2.05, 4.69) is 11.9 Å². The average Bonchev–Trinajstić information content (AvgIpc) is 2.48. The summed E-state index contributed by atoms with van der Waals surface area (Å²) in [7, 11) is 0. The monoisotopic (exact) mass is 327 g/mol. The second-order valence-electron chi connectivity index (χ2n) is 6.82. The van der Waals surface area contributed by atoms with Gasteiger partial charge in [-0.25, -0.2) is 0 Å². The minimum Gasteiger partial charge on any atom is -0.378 e. The quantitative estimate of drug-likeness (QED) is 0.416. The smallest absolute Gasteiger partial charge is 0.168 e. The van der Waals surface area contributed by atoms with Crippen molar-refractivity contribution in [2.45, 2.75) is 53.5 Å². The summed E-state index contributed by atoms with van der Waals surface area (Å²) in [5.41, 5.74) is -0.241. The normalized spacial score (nSPS) is 12.3. The molecular weight excluding hydrogens is 294 g/mol. The van der Waals surface area contributed by atoms with E-state index in [1.165, 1.54) is 0 Å². The van der Waals surface area contributed by atoms with E-state index < -0.39 is 11.0 Å². The Morgan fingerprint density at radius 1 is 1.00 bits per heavy atom. The lowest BCUT2D eigenvalue weighted by Gasteiger charge is -2.24. The zero-order chi connectivity index (χ0) is 18.1. The van der Waals surface area contributed by atoms with Gasteiger partial charge in [0.1, 0.15) is 6.61 Å². The van der Waals surface area contributed by atoms with Crippen LogP contribution in [0.15, 0.2) is 12.2 Å². The van der Waals surface area contributed by atoms with Crippen molar-refractivity contribution in [2.24, 2.45) is 5.41 Å². The van der Waals surface area contributed by atoms with Gasteiger partial charge in [-0.2, -0.15) is 0 Å². The maximum absolute atomic E-state index is 12.0. The molecule has 0 saturated carbocycles. The summed E-state index contributed by atoms with van der Waals surface area (Å²) in [5.74, 6) is 0.200. The van der Waals surface area contributed by atoms with Crippen LogP contribution in [0.3, 0.4) is 0 Å². The highest BCUT2D eigenvalue weighted by Crippen LogP contribution is 2.25. The van der Waals surface area contributed by atoms with Crippen LogP contribution in [-0.4, -0.2) is 50.1 Å². The van der Waals surface area contributed by atoms with Crippen molar-refractivity contribution in [1.82, 2.24) is 5.32 Å². The molecule has 23 heavy (non-hydrogen) atoms. The number of hydrogen-bond donors (Lipinski definition) is 1. The lowest BCUT2D eigenvalue weighted by atomic mass is 9.82. The lowest BCUT2D eigenvalue weighted by Crippen LogP contribution is -2.47. The molecule has 134 valence electrons. The number of nitrogens with one attached hydrogen (secondary N) is 1. The fourth-order valence-corrected chi connectivity index (χ4v) is 1.78. The molecule has 0 aliphatic heterocycles. The Morgan fingerprint density at radius 3 is 2.09 bits per heavy atom. The van der Waals surface area contributed by atoms with Gasteiger partial charge in [-0.1, -0.05) is 19.1 Å². The molecule has 0 rings (SSSR count). The van der Waals surface area contributed by atoms with Crippen molar-refractivity contribution in [3.63, 3.8) is 0 Å². The van der Waals surface area contributed by atoms with Crippen LogP contribution >= 0.6 is 0 Å². The van der Waals surface area contributed by atoms with Gasteiger partial charge in [-0.05, 0) is 34.6 Å². The molecular formula is C18H33NO4. The van der Waals surface area contributed by atoms with E-state index in [0.717, 1.165) is 5.57 Å². The molecule has 0 radical (unpaired) electrons. The summed E-state index contributed by atoms with van der Waals surface area (Å²) < 4.78 is 10.8. The van der Waals surface area contributed by atoms with Crippen LogP contribution in [0.1, 0.15) is 48.0 Å². The summed E-state index contributed by atoms with van der Waals surface area (Å²) in [5, 5.41) is 3.17. The molecule has 5 nitrogen and oxygen atoms in total. The summed E-state index contributed by atoms with van der Waals surface area (Å²) in [6.07, 6.45) is 0.517. The fourth-order valence-electron chi connectivity index (χ4n) is 1.78. The number of ketones is 2. The molecule has 0 aromatic rings. The standard InChI is InChI=1S/C18H33NO4/c1-8-15(20)18(6,7)19-9-10-22-11-12-23-13-16(21)17(4,5)14(2)3/h19H,2,8-13H2,1,3-7H3. The van der Waals surface area contributed by atoms with Crippen LogP contribution in [0.2, 0.25) is 0 Å². The second-order valence-corrected chi connectivity index (χ2v) is 6.82. The number of rotatable bonds is 13. The maximum atomic E-state index is 12.0. The summed E-state index contributed by atoms with van der Waals surface area (Å²) >= 11 is 0. The third kappa shape index (κ3) is 7.86. The van der Waals surface area contributed by atoms with Gasteiger partial charge in [0.15, 0.2) is 11.6 Å². The van der Waals surface area contributed by atoms with Crippen molar-refractivity contribution in [3.05, 3.63) is 12.2 Å². The third-order valence-corrected chi connectivity index (χ3v) is 4.20. The van der Waals surface area contributed by atoms with Gasteiger partial charge >= 0.3 is 0 Å². The van der Waals surface area contributed by atoms with Crippen LogP contribution in [0, 0.1) is 5.41 Å². The number of ether oxygens (including phenoxy) is 2. The number of Topliss-reactive ketones (excluding diaryl/α,β-unsaturated/α-hetero) is 2. The minimum absolute atomic E-state index is 0.0199. The zero-order valence-corrected chi connectivity index (χ0v) is 15.6. The number of carbonyl (C=O) groups excluding carboxylic acids is 2. The van der Waals surface area contributed by atoms with E-state index in [-0.39, 0.29) is 18.2 Å². The van der Waals surface area contributed by atoms with Crippen LogP contribution in [0.25, 0.3) is 0 Å². The molecule has 0 saturated heterocycles. The van der Waals surface area contributed by atoms with Crippen LogP contribution in [0.5, 0.6) is 0 Å². The van der Waals surface area contributed by atoms with Gasteiger partial charge in [0.2, 0.25) is 0 Å². The van der Waals surface area contributed by atoms with E-state index in [1.807, 2.05) is 41.5 Å². The summed E-state index contributed by atoms with van der Waals surface area (Å²) in [4.78, 5) is 23.6. The molecule has 0 aromatic carbocycles. The highest BCUT2D eigenvalue weighted by molar-refractivity contribution is 5.88. The van der Waals surface area contributed by atoms with Crippen LogP contribution < -0.4 is 5.32 Å². The molecule has 0 aliphatic carbocycles. The molecule has 0 aliphatic rings. The van der Waals surface area contributed by atoms with E-state index in [1.54, 1.807) is 0 Å². The maximum Gasteiger partial charge on any atom is 0.168 e. The van der Waals surface area contributed by atoms with Crippen LogP contribution in [-0.2, 0) is 19.1 Å². The van der Waals surface area contributed by atoms with Crippen molar-refractivity contribution in [2.75, 3.05) is 33.0 Å². The van der Waals surface area contributed by atoms with Gasteiger partial charge in [-0.15, -0.1) is 0 Å². The van der Waals surface area contributed by atoms with Crippen molar-refractivity contribution < 1.29 is 19.1 Å². The molecule has 0 spiro atoms. The molecule has 0 fully saturated rings. The SMILES string of the molecule is C=C(C)C(C)(C)C(=O)COCCOCCNC(C)(C)C(=O)CC. The van der Waals surface area contributed by atoms with Gasteiger partial charge in [0.05, 0.1) is 25.4 Å². The van der Waals surface area contributed by atoms with E-state index in [9.17, 15) is 9.59 Å². The van der Waals surface area contributed by atoms with E-state index in [4.69, 9.17) is 9.47 Å². The predicted octanol–water partition coefficient (Wildman–Crippen LogP) is 2.54. The number of carbonyl (C=O) groups is 2. The highest BCUT2D eigenvalue weighted by Gasteiger charge is 2.28. The number of hydrogen-bond acceptors (Lipinski definition) is 5. The zero-order valence-electron chi connectivity index (χ0n) is 15.6. The first-order valence-corrected chi connectivity index (χ1v) is 8.18. The molecule has 0 unspecified atom stereocenters. The van der Waals surface area contributed by atoms with Gasteiger partial charge in [0, 0.05) is 18.4 Å².